The highest BCUT2D eigenvalue weighted by Crippen LogP contribution is 2.45. The second-order valence-corrected chi connectivity index (χ2v) is 7.94. The fourth-order valence-electron chi connectivity index (χ4n) is 4.06. The van der Waals surface area contributed by atoms with E-state index in [1.54, 1.807) is 11.3 Å². The Labute approximate surface area is 138 Å². The van der Waals surface area contributed by atoms with Crippen LogP contribution in [0.2, 0.25) is 0 Å². The van der Waals surface area contributed by atoms with Gasteiger partial charge in [0.15, 0.2) is 0 Å². The summed E-state index contributed by atoms with van der Waals surface area (Å²) in [5.74, 6) is -2.52. The number of alkyl halides is 2. The Kier molecular flexibility index (Phi) is 3.70. The number of carbonyl (C=O) groups excluding carboxylic acids is 1. The van der Waals surface area contributed by atoms with Crippen LogP contribution >= 0.6 is 11.3 Å². The summed E-state index contributed by atoms with van der Waals surface area (Å²) in [6, 6.07) is 2.12. The molecule has 23 heavy (non-hydrogen) atoms. The number of hydrogen-bond acceptors (Lipinski definition) is 4. The van der Waals surface area contributed by atoms with Crippen molar-refractivity contribution in [1.29, 1.82) is 0 Å². The molecule has 3 aliphatic rings. The zero-order valence-electron chi connectivity index (χ0n) is 12.8. The van der Waals surface area contributed by atoms with Crippen molar-refractivity contribution in [1.82, 2.24) is 9.80 Å². The Morgan fingerprint density at radius 1 is 1.39 bits per heavy atom. The smallest absolute Gasteiger partial charge is 0.282 e. The molecule has 4 nitrogen and oxygen atoms in total. The number of ether oxygens (including phenoxy) is 1. The summed E-state index contributed by atoms with van der Waals surface area (Å²) in [6.45, 7) is 3.00. The topological polar surface area (TPSA) is 32.8 Å². The van der Waals surface area contributed by atoms with Gasteiger partial charge in [0.25, 0.3) is 5.92 Å². The van der Waals surface area contributed by atoms with Crippen molar-refractivity contribution < 1.29 is 18.3 Å². The molecule has 4 heterocycles. The quantitative estimate of drug-likeness (QED) is 0.840. The molecule has 0 saturated carbocycles. The summed E-state index contributed by atoms with van der Waals surface area (Å²) in [4.78, 5) is 16.0. The molecular formula is C16H20F2N2O2S. The van der Waals surface area contributed by atoms with Crippen molar-refractivity contribution in [3.63, 3.8) is 0 Å². The molecule has 0 radical (unpaired) electrons. The number of fused-ring (bicyclic) bond motifs is 1. The van der Waals surface area contributed by atoms with Crippen molar-refractivity contribution >= 4 is 17.2 Å². The van der Waals surface area contributed by atoms with Crippen LogP contribution in [0.4, 0.5) is 8.78 Å². The lowest BCUT2D eigenvalue weighted by Crippen LogP contribution is -2.59. The molecule has 3 saturated heterocycles. The Hall–Kier alpha value is -1.05. The monoisotopic (exact) mass is 342 g/mol. The summed E-state index contributed by atoms with van der Waals surface area (Å²) in [5, 5.41) is 4.21. The number of thiophene rings is 1. The molecule has 126 valence electrons. The molecule has 3 aliphatic heterocycles. The summed E-state index contributed by atoms with van der Waals surface area (Å²) in [7, 11) is 0. The maximum Gasteiger partial charge on any atom is 0.282 e. The number of carbonyl (C=O) groups is 1. The van der Waals surface area contributed by atoms with Crippen molar-refractivity contribution in [3.05, 3.63) is 22.4 Å². The van der Waals surface area contributed by atoms with Gasteiger partial charge in [-0.15, -0.1) is 0 Å². The third-order valence-corrected chi connectivity index (χ3v) is 6.01. The minimum atomic E-state index is -2.69. The maximum absolute atomic E-state index is 13.0. The SMILES string of the molecule is O=C(C[C@]12COC[C@H]1CN(Cc1ccsc1)C2)N1CC(F)(F)C1. The van der Waals surface area contributed by atoms with Crippen LogP contribution in [0.25, 0.3) is 0 Å². The van der Waals surface area contributed by atoms with Gasteiger partial charge in [0.05, 0.1) is 26.3 Å². The molecule has 7 heteroatoms. The lowest BCUT2D eigenvalue weighted by atomic mass is 9.77. The molecule has 3 fully saturated rings. The summed E-state index contributed by atoms with van der Waals surface area (Å²) in [5.41, 5.74) is 1.09. The predicted octanol–water partition coefficient (Wildman–Crippen LogP) is 2.06. The molecule has 0 bridgehead atoms. The van der Waals surface area contributed by atoms with Gasteiger partial charge in [-0.1, -0.05) is 0 Å². The zero-order chi connectivity index (χ0) is 16.1. The van der Waals surface area contributed by atoms with Crippen LogP contribution < -0.4 is 0 Å². The van der Waals surface area contributed by atoms with E-state index in [9.17, 15) is 13.6 Å². The van der Waals surface area contributed by atoms with Gasteiger partial charge in [-0.05, 0) is 22.4 Å². The van der Waals surface area contributed by atoms with Gasteiger partial charge in [0.1, 0.15) is 0 Å². The van der Waals surface area contributed by atoms with Crippen molar-refractivity contribution in [3.8, 4) is 0 Å². The lowest BCUT2D eigenvalue weighted by Gasteiger charge is -2.40. The first-order valence-corrected chi connectivity index (χ1v) is 8.87. The first kappa shape index (κ1) is 15.5. The number of amides is 1. The molecule has 2 atom stereocenters. The molecule has 4 rings (SSSR count). The van der Waals surface area contributed by atoms with Crippen LogP contribution in [-0.2, 0) is 16.1 Å². The highest BCUT2D eigenvalue weighted by Gasteiger charge is 2.54. The standard InChI is InChI=1S/C16H20F2N2O2S/c17-16(18)9-20(10-16)14(21)3-15-8-19(4-12-1-2-23-7-12)5-13(15)6-22-11-15/h1-2,7,13H,3-6,8-11H2/t13-,15+/m1/s1. The largest absolute Gasteiger partial charge is 0.380 e. The molecule has 1 aromatic rings. The van der Waals surface area contributed by atoms with E-state index >= 15 is 0 Å². The van der Waals surface area contributed by atoms with E-state index in [1.165, 1.54) is 10.5 Å². The van der Waals surface area contributed by atoms with E-state index in [2.05, 4.69) is 21.7 Å². The minimum absolute atomic E-state index is 0.149. The summed E-state index contributed by atoms with van der Waals surface area (Å²) >= 11 is 1.69. The van der Waals surface area contributed by atoms with Crippen LogP contribution in [0.15, 0.2) is 16.8 Å². The van der Waals surface area contributed by atoms with Gasteiger partial charge in [-0.2, -0.15) is 11.3 Å². The molecular weight excluding hydrogens is 322 g/mol. The maximum atomic E-state index is 13.0. The molecule has 0 aliphatic carbocycles. The Bertz CT molecular complexity index is 587. The average molecular weight is 342 g/mol. The van der Waals surface area contributed by atoms with Gasteiger partial charge >= 0.3 is 0 Å². The predicted molar refractivity (Wildman–Crippen MR) is 82.5 cm³/mol. The van der Waals surface area contributed by atoms with Gasteiger partial charge in [-0.3, -0.25) is 9.69 Å². The highest BCUT2D eigenvalue weighted by atomic mass is 32.1. The summed E-state index contributed by atoms with van der Waals surface area (Å²) in [6.07, 6.45) is 0.327. The summed E-state index contributed by atoms with van der Waals surface area (Å²) < 4.78 is 31.6. The van der Waals surface area contributed by atoms with Crippen LogP contribution in [0.3, 0.4) is 0 Å². The molecule has 1 aromatic heterocycles. The van der Waals surface area contributed by atoms with Gasteiger partial charge in [0.2, 0.25) is 5.91 Å². The number of rotatable bonds is 4. The first-order valence-electron chi connectivity index (χ1n) is 7.93. The first-order chi connectivity index (χ1) is 11.0. The van der Waals surface area contributed by atoms with E-state index in [-0.39, 0.29) is 11.3 Å². The van der Waals surface area contributed by atoms with E-state index < -0.39 is 19.0 Å². The van der Waals surface area contributed by atoms with Crippen LogP contribution in [0.5, 0.6) is 0 Å². The van der Waals surface area contributed by atoms with Gasteiger partial charge < -0.3 is 9.64 Å². The third kappa shape index (κ3) is 2.90. The minimum Gasteiger partial charge on any atom is -0.380 e. The fourth-order valence-corrected chi connectivity index (χ4v) is 4.72. The zero-order valence-corrected chi connectivity index (χ0v) is 13.7. The van der Waals surface area contributed by atoms with Crippen molar-refractivity contribution in [2.75, 3.05) is 39.4 Å². The Morgan fingerprint density at radius 2 is 2.22 bits per heavy atom. The highest BCUT2D eigenvalue weighted by molar-refractivity contribution is 7.07. The van der Waals surface area contributed by atoms with E-state index in [4.69, 9.17) is 4.74 Å². The van der Waals surface area contributed by atoms with Crippen LogP contribution in [0, 0.1) is 11.3 Å². The molecule has 1 amide bonds. The van der Waals surface area contributed by atoms with Crippen molar-refractivity contribution in [2.45, 2.75) is 18.9 Å². The van der Waals surface area contributed by atoms with Gasteiger partial charge in [-0.25, -0.2) is 8.78 Å². The third-order valence-electron chi connectivity index (χ3n) is 5.28. The Morgan fingerprint density at radius 3 is 2.91 bits per heavy atom. The van der Waals surface area contributed by atoms with Crippen LogP contribution in [-0.4, -0.2) is 61.0 Å². The molecule has 0 N–H and O–H groups in total. The Balaban J connectivity index is 1.40. The number of hydrogen-bond donors (Lipinski definition) is 0. The lowest BCUT2D eigenvalue weighted by molar-refractivity contribution is -0.168. The van der Waals surface area contributed by atoms with E-state index in [0.717, 1.165) is 19.6 Å². The van der Waals surface area contributed by atoms with Crippen molar-refractivity contribution in [2.24, 2.45) is 11.3 Å². The normalized spacial score (nSPS) is 32.8. The molecule has 0 aromatic carbocycles. The van der Waals surface area contributed by atoms with Crippen LogP contribution in [0.1, 0.15) is 12.0 Å². The second-order valence-electron chi connectivity index (χ2n) is 7.16. The number of nitrogens with zero attached hydrogens (tertiary/aromatic N) is 2. The van der Waals surface area contributed by atoms with E-state index in [0.29, 0.717) is 25.6 Å². The van der Waals surface area contributed by atoms with Gasteiger partial charge in [0, 0.05) is 37.4 Å². The number of halogens is 2. The fraction of sp³-hybridized carbons (Fsp3) is 0.688. The van der Waals surface area contributed by atoms with E-state index in [1.807, 2.05) is 0 Å². The second kappa shape index (κ2) is 5.50. The molecule has 0 unspecified atom stereocenters. The average Bonchev–Trinajstić information content (AvgIpc) is 3.12. The molecule has 0 spiro atoms. The number of likely N-dealkylation sites (tertiary alicyclic amines) is 2.